The number of amides is 1. The second-order valence-electron chi connectivity index (χ2n) is 5.51. The van der Waals surface area contributed by atoms with E-state index in [0.29, 0.717) is 18.7 Å². The second kappa shape index (κ2) is 8.00. The molecule has 0 bridgehead atoms. The Bertz CT molecular complexity index is 689. The van der Waals surface area contributed by atoms with Crippen molar-refractivity contribution in [2.24, 2.45) is 0 Å². The van der Waals surface area contributed by atoms with Gasteiger partial charge in [0.25, 0.3) is 15.9 Å². The van der Waals surface area contributed by atoms with Crippen LogP contribution in [0.1, 0.15) is 26.2 Å². The minimum absolute atomic E-state index is 0.133. The number of halogens is 2. The van der Waals surface area contributed by atoms with Crippen molar-refractivity contribution in [1.82, 2.24) is 4.72 Å². The molecule has 2 unspecified atom stereocenters. The highest BCUT2D eigenvalue weighted by Gasteiger charge is 2.26. The molecule has 24 heavy (non-hydrogen) atoms. The Morgan fingerprint density at radius 3 is 2.83 bits per heavy atom. The molecule has 1 aliphatic heterocycles. The van der Waals surface area contributed by atoms with Crippen molar-refractivity contribution < 1.29 is 31.5 Å². The van der Waals surface area contributed by atoms with Crippen LogP contribution in [-0.2, 0) is 24.3 Å². The van der Waals surface area contributed by atoms with Crippen LogP contribution in [0, 0.1) is 11.6 Å². The molecule has 134 valence electrons. The molecule has 2 rings (SSSR count). The van der Waals surface area contributed by atoms with Gasteiger partial charge < -0.3 is 9.47 Å². The summed E-state index contributed by atoms with van der Waals surface area (Å²) in [7, 11) is -4.53. The Morgan fingerprint density at radius 1 is 1.42 bits per heavy atom. The first-order chi connectivity index (χ1) is 11.3. The molecule has 1 N–H and O–H groups in total. The summed E-state index contributed by atoms with van der Waals surface area (Å²) in [6.45, 7) is 2.15. The molecule has 0 aromatic heterocycles. The fourth-order valence-corrected chi connectivity index (χ4v) is 3.35. The average molecular weight is 363 g/mol. The molecule has 0 spiro atoms. The van der Waals surface area contributed by atoms with E-state index in [-0.39, 0.29) is 12.7 Å². The highest BCUT2D eigenvalue weighted by molar-refractivity contribution is 7.90. The van der Waals surface area contributed by atoms with Crippen molar-refractivity contribution >= 4 is 15.9 Å². The van der Waals surface area contributed by atoms with Crippen LogP contribution in [0.3, 0.4) is 0 Å². The highest BCUT2D eigenvalue weighted by Crippen LogP contribution is 2.16. The molecule has 1 heterocycles. The number of carbonyl (C=O) groups is 1. The highest BCUT2D eigenvalue weighted by atomic mass is 32.2. The number of benzene rings is 1. The van der Waals surface area contributed by atoms with Crippen LogP contribution in [0.4, 0.5) is 8.78 Å². The van der Waals surface area contributed by atoms with E-state index >= 15 is 0 Å². The fraction of sp³-hybridized carbons (Fsp3) is 0.533. The summed E-state index contributed by atoms with van der Waals surface area (Å²) in [6.07, 6.45) is 1.57. The summed E-state index contributed by atoms with van der Waals surface area (Å²) in [6, 6.07) is 1.97. The number of rotatable bonds is 6. The number of hydrogen-bond acceptors (Lipinski definition) is 5. The number of carbonyl (C=O) groups excluding carboxylic acids is 1. The maximum absolute atomic E-state index is 13.6. The maximum Gasteiger partial charge on any atom is 0.267 e. The standard InChI is InChI=1S/C15H19F2NO5S/c1-10(23-9-12-4-2-3-7-22-12)15(19)18-24(20,21)14-8-11(16)5-6-13(14)17/h5-6,8,10,12H,2-4,7,9H2,1H3,(H,18,19). The van der Waals surface area contributed by atoms with Crippen molar-refractivity contribution in [1.29, 1.82) is 0 Å². The largest absolute Gasteiger partial charge is 0.376 e. The number of hydrogen-bond donors (Lipinski definition) is 1. The Hall–Kier alpha value is -1.58. The summed E-state index contributed by atoms with van der Waals surface area (Å²) in [5, 5.41) is 0. The summed E-state index contributed by atoms with van der Waals surface area (Å²) >= 11 is 0. The first kappa shape index (κ1) is 18.8. The van der Waals surface area contributed by atoms with Gasteiger partial charge in [-0.3, -0.25) is 4.79 Å². The minimum atomic E-state index is -4.53. The molecular weight excluding hydrogens is 344 g/mol. The summed E-state index contributed by atoms with van der Waals surface area (Å²) < 4.78 is 63.1. The van der Waals surface area contributed by atoms with Crippen molar-refractivity contribution in [3.63, 3.8) is 0 Å². The van der Waals surface area contributed by atoms with E-state index in [1.165, 1.54) is 6.92 Å². The first-order valence-electron chi connectivity index (χ1n) is 7.54. The molecule has 1 aromatic carbocycles. The second-order valence-corrected chi connectivity index (χ2v) is 7.16. The zero-order valence-electron chi connectivity index (χ0n) is 13.1. The van der Waals surface area contributed by atoms with Crippen LogP contribution in [0.15, 0.2) is 23.1 Å². The van der Waals surface area contributed by atoms with Gasteiger partial charge in [0.05, 0.1) is 12.7 Å². The van der Waals surface area contributed by atoms with E-state index in [4.69, 9.17) is 9.47 Å². The zero-order valence-corrected chi connectivity index (χ0v) is 13.9. The Kier molecular flexibility index (Phi) is 6.25. The lowest BCUT2D eigenvalue weighted by atomic mass is 10.1. The van der Waals surface area contributed by atoms with Gasteiger partial charge in [0, 0.05) is 6.61 Å². The lowest BCUT2D eigenvalue weighted by Gasteiger charge is -2.23. The number of nitrogens with one attached hydrogen (secondary N) is 1. The average Bonchev–Trinajstić information content (AvgIpc) is 2.55. The van der Waals surface area contributed by atoms with E-state index in [2.05, 4.69) is 0 Å². The molecule has 1 aromatic rings. The van der Waals surface area contributed by atoms with E-state index in [1.54, 1.807) is 4.72 Å². The third kappa shape index (κ3) is 4.96. The van der Waals surface area contributed by atoms with Gasteiger partial charge in [0.15, 0.2) is 0 Å². The molecule has 6 nitrogen and oxygen atoms in total. The van der Waals surface area contributed by atoms with Gasteiger partial charge >= 0.3 is 0 Å². The minimum Gasteiger partial charge on any atom is -0.376 e. The normalized spacial score (nSPS) is 19.7. The molecule has 9 heteroatoms. The summed E-state index contributed by atoms with van der Waals surface area (Å²) in [5.41, 5.74) is 0. The zero-order chi connectivity index (χ0) is 17.7. The van der Waals surface area contributed by atoms with Gasteiger partial charge in [-0.2, -0.15) is 0 Å². The lowest BCUT2D eigenvalue weighted by molar-refractivity contribution is -0.133. The van der Waals surface area contributed by atoms with Gasteiger partial charge in [-0.05, 0) is 44.4 Å². The predicted molar refractivity (Wildman–Crippen MR) is 80.7 cm³/mol. The molecule has 1 fully saturated rings. The third-order valence-electron chi connectivity index (χ3n) is 3.59. The van der Waals surface area contributed by atoms with Crippen LogP contribution in [0.2, 0.25) is 0 Å². The van der Waals surface area contributed by atoms with Crippen LogP contribution >= 0.6 is 0 Å². The molecule has 1 aliphatic rings. The molecule has 2 atom stereocenters. The van der Waals surface area contributed by atoms with Gasteiger partial charge in [0.1, 0.15) is 22.6 Å². The smallest absolute Gasteiger partial charge is 0.267 e. The Balaban J connectivity index is 1.95. The summed E-state index contributed by atoms with van der Waals surface area (Å²) in [5.74, 6) is -3.04. The Morgan fingerprint density at radius 2 is 2.17 bits per heavy atom. The van der Waals surface area contributed by atoms with Crippen molar-refractivity contribution in [3.05, 3.63) is 29.8 Å². The molecule has 1 saturated heterocycles. The van der Waals surface area contributed by atoms with Crippen LogP contribution in [0.25, 0.3) is 0 Å². The van der Waals surface area contributed by atoms with E-state index in [0.717, 1.165) is 25.3 Å². The molecule has 0 aliphatic carbocycles. The SMILES string of the molecule is CC(OCC1CCCCO1)C(=O)NS(=O)(=O)c1cc(F)ccc1F. The molecule has 0 saturated carbocycles. The maximum atomic E-state index is 13.6. The van der Waals surface area contributed by atoms with Crippen molar-refractivity contribution in [2.45, 2.75) is 43.3 Å². The quantitative estimate of drug-likeness (QED) is 0.833. The first-order valence-corrected chi connectivity index (χ1v) is 9.03. The molecule has 0 radical (unpaired) electrons. The van der Waals surface area contributed by atoms with E-state index < -0.39 is 38.6 Å². The van der Waals surface area contributed by atoms with Gasteiger partial charge in [-0.1, -0.05) is 0 Å². The van der Waals surface area contributed by atoms with Gasteiger partial charge in [-0.25, -0.2) is 21.9 Å². The van der Waals surface area contributed by atoms with Gasteiger partial charge in [0.2, 0.25) is 0 Å². The van der Waals surface area contributed by atoms with E-state index in [9.17, 15) is 22.0 Å². The Labute approximate surface area is 139 Å². The fourth-order valence-electron chi connectivity index (χ4n) is 2.22. The van der Waals surface area contributed by atoms with Crippen LogP contribution < -0.4 is 4.72 Å². The number of sulfonamides is 1. The third-order valence-corrected chi connectivity index (χ3v) is 4.95. The monoisotopic (exact) mass is 363 g/mol. The van der Waals surface area contributed by atoms with Crippen LogP contribution in [0.5, 0.6) is 0 Å². The molecular formula is C15H19F2NO5S. The van der Waals surface area contributed by atoms with Crippen LogP contribution in [-0.4, -0.2) is 39.7 Å². The van der Waals surface area contributed by atoms with Crippen molar-refractivity contribution in [3.8, 4) is 0 Å². The number of ether oxygens (including phenoxy) is 2. The van der Waals surface area contributed by atoms with E-state index in [1.807, 2.05) is 0 Å². The summed E-state index contributed by atoms with van der Waals surface area (Å²) in [4.78, 5) is 11.0. The predicted octanol–water partition coefficient (Wildman–Crippen LogP) is 1.74. The molecule has 1 amide bonds. The lowest BCUT2D eigenvalue weighted by Crippen LogP contribution is -2.40. The van der Waals surface area contributed by atoms with Crippen molar-refractivity contribution in [2.75, 3.05) is 13.2 Å². The van der Waals surface area contributed by atoms with Gasteiger partial charge in [-0.15, -0.1) is 0 Å². The topological polar surface area (TPSA) is 81.7 Å².